The standard InChI is InChI=1S/C14H17BrN2O3/c1-16(8-10-4-2-3-5-12(10)15)14(20)17-7-6-11(9-17)13(18)19/h2-5,11H,6-9H2,1H3,(H,18,19). The van der Waals surface area contributed by atoms with Crippen molar-refractivity contribution in [2.24, 2.45) is 5.92 Å². The lowest BCUT2D eigenvalue weighted by Gasteiger charge is -2.25. The molecule has 0 spiro atoms. The van der Waals surface area contributed by atoms with Crippen molar-refractivity contribution >= 4 is 27.9 Å². The van der Waals surface area contributed by atoms with Crippen LogP contribution in [0.4, 0.5) is 4.79 Å². The van der Waals surface area contributed by atoms with E-state index >= 15 is 0 Å². The first-order valence-corrected chi connectivity index (χ1v) is 7.24. The van der Waals surface area contributed by atoms with Gasteiger partial charge in [0.25, 0.3) is 0 Å². The van der Waals surface area contributed by atoms with Crippen LogP contribution < -0.4 is 0 Å². The normalized spacial score (nSPS) is 18.1. The summed E-state index contributed by atoms with van der Waals surface area (Å²) in [4.78, 5) is 26.4. The zero-order valence-electron chi connectivity index (χ0n) is 11.3. The molecule has 1 aromatic carbocycles. The van der Waals surface area contributed by atoms with Gasteiger partial charge < -0.3 is 14.9 Å². The molecule has 6 heteroatoms. The van der Waals surface area contributed by atoms with Gasteiger partial charge in [0, 0.05) is 31.2 Å². The van der Waals surface area contributed by atoms with Crippen LogP contribution in [0.5, 0.6) is 0 Å². The number of carbonyl (C=O) groups excluding carboxylic acids is 1. The molecule has 1 heterocycles. The molecule has 1 N–H and O–H groups in total. The molecule has 0 saturated carbocycles. The van der Waals surface area contributed by atoms with Gasteiger partial charge in [0.05, 0.1) is 5.92 Å². The van der Waals surface area contributed by atoms with Gasteiger partial charge in [-0.05, 0) is 18.1 Å². The first-order chi connectivity index (χ1) is 9.49. The summed E-state index contributed by atoms with van der Waals surface area (Å²) in [7, 11) is 1.73. The smallest absolute Gasteiger partial charge is 0.320 e. The quantitative estimate of drug-likeness (QED) is 0.918. The van der Waals surface area contributed by atoms with Crippen LogP contribution in [-0.2, 0) is 11.3 Å². The highest BCUT2D eigenvalue weighted by molar-refractivity contribution is 9.10. The number of likely N-dealkylation sites (tertiary alicyclic amines) is 1. The maximum absolute atomic E-state index is 12.3. The summed E-state index contributed by atoms with van der Waals surface area (Å²) in [5, 5.41) is 8.97. The van der Waals surface area contributed by atoms with Crippen LogP contribution in [0.1, 0.15) is 12.0 Å². The van der Waals surface area contributed by atoms with Crippen molar-refractivity contribution in [3.8, 4) is 0 Å². The van der Waals surface area contributed by atoms with E-state index in [1.807, 2.05) is 24.3 Å². The van der Waals surface area contributed by atoms with Gasteiger partial charge in [0.15, 0.2) is 0 Å². The van der Waals surface area contributed by atoms with Gasteiger partial charge in [0.2, 0.25) is 0 Å². The van der Waals surface area contributed by atoms with Gasteiger partial charge in [-0.15, -0.1) is 0 Å². The molecule has 2 amide bonds. The first kappa shape index (κ1) is 14.8. The van der Waals surface area contributed by atoms with E-state index in [4.69, 9.17) is 5.11 Å². The number of carbonyl (C=O) groups is 2. The summed E-state index contributed by atoms with van der Waals surface area (Å²) in [5.74, 6) is -1.26. The number of carboxylic acids is 1. The molecule has 20 heavy (non-hydrogen) atoms. The van der Waals surface area contributed by atoms with Crippen LogP contribution in [0.2, 0.25) is 0 Å². The average molecular weight is 341 g/mol. The molecule has 1 fully saturated rings. The van der Waals surface area contributed by atoms with Crippen molar-refractivity contribution in [2.75, 3.05) is 20.1 Å². The molecule has 2 rings (SSSR count). The van der Waals surface area contributed by atoms with E-state index in [1.165, 1.54) is 0 Å². The van der Waals surface area contributed by atoms with E-state index in [0.717, 1.165) is 10.0 Å². The first-order valence-electron chi connectivity index (χ1n) is 6.45. The van der Waals surface area contributed by atoms with Crippen molar-refractivity contribution in [3.05, 3.63) is 34.3 Å². The zero-order chi connectivity index (χ0) is 14.7. The van der Waals surface area contributed by atoms with Crippen LogP contribution in [-0.4, -0.2) is 47.0 Å². The van der Waals surface area contributed by atoms with E-state index in [2.05, 4.69) is 15.9 Å². The molecule has 0 bridgehead atoms. The zero-order valence-corrected chi connectivity index (χ0v) is 12.8. The Bertz CT molecular complexity index is 521. The highest BCUT2D eigenvalue weighted by Gasteiger charge is 2.32. The Labute approximate surface area is 126 Å². The largest absolute Gasteiger partial charge is 0.481 e. The number of carboxylic acid groups (broad SMARTS) is 1. The molecule has 1 unspecified atom stereocenters. The predicted molar refractivity (Wildman–Crippen MR) is 78.3 cm³/mol. The fourth-order valence-corrected chi connectivity index (χ4v) is 2.74. The second-order valence-electron chi connectivity index (χ2n) is 5.00. The highest BCUT2D eigenvalue weighted by atomic mass is 79.9. The number of rotatable bonds is 3. The number of hydrogen-bond donors (Lipinski definition) is 1. The van der Waals surface area contributed by atoms with Crippen molar-refractivity contribution in [2.45, 2.75) is 13.0 Å². The molecule has 5 nitrogen and oxygen atoms in total. The third kappa shape index (κ3) is 3.30. The molecule has 1 atom stereocenters. The van der Waals surface area contributed by atoms with Crippen LogP contribution in [0.25, 0.3) is 0 Å². The molecule has 0 aliphatic carbocycles. The van der Waals surface area contributed by atoms with Gasteiger partial charge >= 0.3 is 12.0 Å². The number of benzene rings is 1. The van der Waals surface area contributed by atoms with Gasteiger partial charge in [-0.1, -0.05) is 34.1 Å². The number of nitrogens with zero attached hydrogens (tertiary/aromatic N) is 2. The molecule has 1 saturated heterocycles. The molecule has 1 aliphatic heterocycles. The summed E-state index contributed by atoms with van der Waals surface area (Å²) in [6, 6.07) is 7.62. The van der Waals surface area contributed by atoms with Crippen LogP contribution >= 0.6 is 15.9 Å². The van der Waals surface area contributed by atoms with E-state index in [-0.39, 0.29) is 6.03 Å². The Hall–Kier alpha value is -1.56. The van der Waals surface area contributed by atoms with Crippen molar-refractivity contribution < 1.29 is 14.7 Å². The molecule has 108 valence electrons. The average Bonchev–Trinajstić information content (AvgIpc) is 2.90. The van der Waals surface area contributed by atoms with Gasteiger partial charge in [-0.3, -0.25) is 4.79 Å². The lowest BCUT2D eigenvalue weighted by atomic mass is 10.1. The second kappa shape index (κ2) is 6.26. The fraction of sp³-hybridized carbons (Fsp3) is 0.429. The lowest BCUT2D eigenvalue weighted by Crippen LogP contribution is -2.39. The maximum atomic E-state index is 12.3. The maximum Gasteiger partial charge on any atom is 0.320 e. The molecular weight excluding hydrogens is 324 g/mol. The summed E-state index contributed by atoms with van der Waals surface area (Å²) in [6.45, 7) is 1.30. The molecular formula is C14H17BrN2O3. The minimum Gasteiger partial charge on any atom is -0.481 e. The van der Waals surface area contributed by atoms with Crippen LogP contribution in [0.15, 0.2) is 28.7 Å². The minimum atomic E-state index is -0.825. The summed E-state index contributed by atoms with van der Waals surface area (Å²) < 4.78 is 0.962. The Kier molecular flexibility index (Phi) is 4.65. The summed E-state index contributed by atoms with van der Waals surface area (Å²) >= 11 is 3.46. The Morgan fingerprint density at radius 2 is 2.15 bits per heavy atom. The van der Waals surface area contributed by atoms with Crippen molar-refractivity contribution in [1.29, 1.82) is 0 Å². The second-order valence-corrected chi connectivity index (χ2v) is 5.85. The monoisotopic (exact) mass is 340 g/mol. The molecule has 0 radical (unpaired) electrons. The van der Waals surface area contributed by atoms with E-state index in [0.29, 0.717) is 26.1 Å². The predicted octanol–water partition coefficient (Wildman–Crippen LogP) is 2.41. The van der Waals surface area contributed by atoms with Gasteiger partial charge in [-0.2, -0.15) is 0 Å². The van der Waals surface area contributed by atoms with Crippen LogP contribution in [0.3, 0.4) is 0 Å². The summed E-state index contributed by atoms with van der Waals surface area (Å²) in [5.41, 5.74) is 1.03. The lowest BCUT2D eigenvalue weighted by molar-refractivity contribution is -0.141. The molecule has 1 aromatic rings. The van der Waals surface area contributed by atoms with Gasteiger partial charge in [0.1, 0.15) is 0 Å². The highest BCUT2D eigenvalue weighted by Crippen LogP contribution is 2.20. The number of urea groups is 1. The van der Waals surface area contributed by atoms with Crippen molar-refractivity contribution in [3.63, 3.8) is 0 Å². The Balaban J connectivity index is 1.96. The van der Waals surface area contributed by atoms with Gasteiger partial charge in [-0.25, -0.2) is 4.79 Å². The van der Waals surface area contributed by atoms with E-state index in [1.54, 1.807) is 16.8 Å². The summed E-state index contributed by atoms with van der Waals surface area (Å²) in [6.07, 6.45) is 0.532. The Morgan fingerprint density at radius 1 is 1.45 bits per heavy atom. The number of halogens is 1. The SMILES string of the molecule is CN(Cc1ccccc1Br)C(=O)N1CCC(C(=O)O)C1. The number of hydrogen-bond acceptors (Lipinski definition) is 2. The number of aliphatic carboxylic acids is 1. The third-order valence-corrected chi connectivity index (χ3v) is 4.27. The molecule has 0 aromatic heterocycles. The fourth-order valence-electron chi connectivity index (χ4n) is 2.33. The Morgan fingerprint density at radius 3 is 2.75 bits per heavy atom. The van der Waals surface area contributed by atoms with Crippen LogP contribution in [0, 0.1) is 5.92 Å². The van der Waals surface area contributed by atoms with E-state index < -0.39 is 11.9 Å². The molecule has 1 aliphatic rings. The van der Waals surface area contributed by atoms with Crippen molar-refractivity contribution in [1.82, 2.24) is 9.80 Å². The minimum absolute atomic E-state index is 0.121. The third-order valence-electron chi connectivity index (χ3n) is 3.50. The number of amides is 2. The topological polar surface area (TPSA) is 60.9 Å². The van der Waals surface area contributed by atoms with E-state index in [9.17, 15) is 9.59 Å².